The molecule has 1 heterocycles. The molecule has 0 saturated carbocycles. The van der Waals surface area contributed by atoms with Crippen molar-refractivity contribution in [3.63, 3.8) is 0 Å². The lowest BCUT2D eigenvalue weighted by molar-refractivity contribution is -0.137. The van der Waals surface area contributed by atoms with Gasteiger partial charge in [0.1, 0.15) is 12.4 Å². The van der Waals surface area contributed by atoms with Crippen molar-refractivity contribution in [1.29, 1.82) is 0 Å². The third kappa shape index (κ3) is 5.42. The lowest BCUT2D eigenvalue weighted by Gasteiger charge is -2.38. The number of benzene rings is 2. The lowest BCUT2D eigenvalue weighted by Crippen LogP contribution is -2.45. The fraction of sp³-hybridized carbons (Fsp3) is 0.458. The number of nitrogens with zero attached hydrogens (tertiary/aromatic N) is 1. The first-order chi connectivity index (χ1) is 15.4. The second kappa shape index (κ2) is 9.92. The standard InChI is InChI=1S/C24H28F3N3O2/c25-24(26,27)19-7-4-18(5-8-19)23(31)29-12-15-32-20-9-6-17-2-1-3-22(21(17)16-20)30-13-10-28-11-14-30/h4-9,16,22,28H,1-3,10-15H2,(H,29,31). The predicted octanol–water partition coefficient (Wildman–Crippen LogP) is 3.80. The molecule has 0 spiro atoms. The molecule has 172 valence electrons. The molecule has 1 unspecified atom stereocenters. The van der Waals surface area contributed by atoms with E-state index >= 15 is 0 Å². The fourth-order valence-corrected chi connectivity index (χ4v) is 4.46. The number of carbonyl (C=O) groups excluding carboxylic acids is 1. The van der Waals surface area contributed by atoms with Crippen LogP contribution >= 0.6 is 0 Å². The number of halogens is 3. The molecule has 1 fully saturated rings. The number of carbonyl (C=O) groups is 1. The summed E-state index contributed by atoms with van der Waals surface area (Å²) in [7, 11) is 0. The summed E-state index contributed by atoms with van der Waals surface area (Å²) in [5.74, 6) is 0.348. The maximum atomic E-state index is 12.6. The van der Waals surface area contributed by atoms with Gasteiger partial charge in [0.2, 0.25) is 0 Å². The highest BCUT2D eigenvalue weighted by Gasteiger charge is 2.30. The first kappa shape index (κ1) is 22.6. The maximum Gasteiger partial charge on any atom is 0.416 e. The maximum absolute atomic E-state index is 12.6. The van der Waals surface area contributed by atoms with Crippen LogP contribution in [-0.2, 0) is 12.6 Å². The molecule has 1 aliphatic heterocycles. The zero-order valence-corrected chi connectivity index (χ0v) is 17.9. The minimum Gasteiger partial charge on any atom is -0.492 e. The number of amides is 1. The van der Waals surface area contributed by atoms with Crippen molar-refractivity contribution in [3.8, 4) is 5.75 Å². The van der Waals surface area contributed by atoms with Gasteiger partial charge in [-0.2, -0.15) is 13.2 Å². The minimum absolute atomic E-state index is 0.186. The molecule has 2 aliphatic rings. The van der Waals surface area contributed by atoms with E-state index in [1.54, 1.807) is 0 Å². The Hall–Kier alpha value is -2.58. The zero-order valence-electron chi connectivity index (χ0n) is 17.9. The quantitative estimate of drug-likeness (QED) is 0.662. The molecular formula is C24H28F3N3O2. The number of fused-ring (bicyclic) bond motifs is 1. The molecule has 1 atom stereocenters. The minimum atomic E-state index is -4.42. The molecule has 0 bridgehead atoms. The average Bonchev–Trinajstić information content (AvgIpc) is 2.81. The van der Waals surface area contributed by atoms with E-state index in [2.05, 4.69) is 27.7 Å². The van der Waals surface area contributed by atoms with Gasteiger partial charge in [-0.1, -0.05) is 6.07 Å². The summed E-state index contributed by atoms with van der Waals surface area (Å²) in [6.07, 6.45) is -0.986. The Labute approximate surface area is 185 Å². The van der Waals surface area contributed by atoms with Crippen LogP contribution in [0.2, 0.25) is 0 Å². The van der Waals surface area contributed by atoms with Gasteiger partial charge in [0.25, 0.3) is 5.91 Å². The smallest absolute Gasteiger partial charge is 0.416 e. The molecule has 2 aromatic carbocycles. The number of aryl methyl sites for hydroxylation is 1. The van der Waals surface area contributed by atoms with Gasteiger partial charge in [0, 0.05) is 37.8 Å². The summed E-state index contributed by atoms with van der Waals surface area (Å²) in [6, 6.07) is 10.8. The number of ether oxygens (including phenoxy) is 1. The molecule has 1 saturated heterocycles. The Morgan fingerprint density at radius 1 is 1.12 bits per heavy atom. The average molecular weight is 448 g/mol. The van der Waals surface area contributed by atoms with Crippen LogP contribution in [0.25, 0.3) is 0 Å². The number of nitrogens with one attached hydrogen (secondary N) is 2. The highest BCUT2D eigenvalue weighted by atomic mass is 19.4. The molecule has 1 aliphatic carbocycles. The molecular weight excluding hydrogens is 419 g/mol. The van der Waals surface area contributed by atoms with Crippen LogP contribution in [0.1, 0.15) is 45.9 Å². The van der Waals surface area contributed by atoms with E-state index in [0.717, 1.165) is 56.9 Å². The van der Waals surface area contributed by atoms with Gasteiger partial charge in [-0.3, -0.25) is 9.69 Å². The Morgan fingerprint density at radius 2 is 1.88 bits per heavy atom. The zero-order chi connectivity index (χ0) is 22.6. The number of alkyl halides is 3. The van der Waals surface area contributed by atoms with Gasteiger partial charge in [0.15, 0.2) is 0 Å². The largest absolute Gasteiger partial charge is 0.492 e. The second-order valence-corrected chi connectivity index (χ2v) is 8.23. The normalized spacial score (nSPS) is 19.3. The summed E-state index contributed by atoms with van der Waals surface area (Å²) < 4.78 is 43.8. The highest BCUT2D eigenvalue weighted by Crippen LogP contribution is 2.36. The van der Waals surface area contributed by atoms with E-state index < -0.39 is 17.6 Å². The topological polar surface area (TPSA) is 53.6 Å². The van der Waals surface area contributed by atoms with E-state index in [4.69, 9.17) is 4.74 Å². The van der Waals surface area contributed by atoms with Crippen molar-refractivity contribution >= 4 is 5.91 Å². The Bertz CT molecular complexity index is 925. The van der Waals surface area contributed by atoms with Crippen molar-refractivity contribution in [2.45, 2.75) is 31.5 Å². The van der Waals surface area contributed by atoms with Gasteiger partial charge >= 0.3 is 6.18 Å². The summed E-state index contributed by atoms with van der Waals surface area (Å²) in [6.45, 7) is 4.67. The van der Waals surface area contributed by atoms with Crippen LogP contribution in [0.15, 0.2) is 42.5 Å². The van der Waals surface area contributed by atoms with Crippen LogP contribution in [0, 0.1) is 0 Å². The molecule has 8 heteroatoms. The van der Waals surface area contributed by atoms with E-state index in [1.807, 2.05) is 6.07 Å². The SMILES string of the molecule is O=C(NCCOc1ccc2c(c1)C(N1CCNCC1)CCC2)c1ccc(C(F)(F)F)cc1. The van der Waals surface area contributed by atoms with Crippen molar-refractivity contribution in [2.75, 3.05) is 39.3 Å². The first-order valence-corrected chi connectivity index (χ1v) is 11.1. The van der Waals surface area contributed by atoms with Crippen molar-refractivity contribution in [1.82, 2.24) is 15.5 Å². The summed E-state index contributed by atoms with van der Waals surface area (Å²) in [5.41, 5.74) is 2.13. The summed E-state index contributed by atoms with van der Waals surface area (Å²) >= 11 is 0. The van der Waals surface area contributed by atoms with Crippen LogP contribution < -0.4 is 15.4 Å². The molecule has 32 heavy (non-hydrogen) atoms. The van der Waals surface area contributed by atoms with Gasteiger partial charge in [0.05, 0.1) is 12.1 Å². The number of piperazine rings is 1. The number of rotatable bonds is 6. The van der Waals surface area contributed by atoms with Gasteiger partial charge in [-0.15, -0.1) is 0 Å². The van der Waals surface area contributed by atoms with Gasteiger partial charge < -0.3 is 15.4 Å². The van der Waals surface area contributed by atoms with Gasteiger partial charge in [-0.05, 0) is 66.8 Å². The Balaban J connectivity index is 1.30. The van der Waals surface area contributed by atoms with E-state index in [9.17, 15) is 18.0 Å². The van der Waals surface area contributed by atoms with Crippen LogP contribution in [-0.4, -0.2) is 50.1 Å². The van der Waals surface area contributed by atoms with Crippen molar-refractivity contribution in [2.24, 2.45) is 0 Å². The lowest BCUT2D eigenvalue weighted by atomic mass is 9.86. The third-order valence-corrected chi connectivity index (χ3v) is 6.12. The molecule has 2 N–H and O–H groups in total. The summed E-state index contributed by atoms with van der Waals surface area (Å²) in [5, 5.41) is 6.09. The summed E-state index contributed by atoms with van der Waals surface area (Å²) in [4.78, 5) is 14.7. The number of hydrogen-bond donors (Lipinski definition) is 2. The van der Waals surface area contributed by atoms with Crippen LogP contribution in [0.3, 0.4) is 0 Å². The molecule has 4 rings (SSSR count). The molecule has 0 aromatic heterocycles. The number of hydrogen-bond acceptors (Lipinski definition) is 4. The van der Waals surface area contributed by atoms with E-state index in [-0.39, 0.29) is 18.7 Å². The first-order valence-electron chi connectivity index (χ1n) is 11.1. The highest BCUT2D eigenvalue weighted by molar-refractivity contribution is 5.94. The molecule has 2 aromatic rings. The predicted molar refractivity (Wildman–Crippen MR) is 116 cm³/mol. The van der Waals surface area contributed by atoms with Crippen LogP contribution in [0.5, 0.6) is 5.75 Å². The molecule has 0 radical (unpaired) electrons. The van der Waals surface area contributed by atoms with E-state index in [0.29, 0.717) is 6.04 Å². The van der Waals surface area contributed by atoms with Crippen LogP contribution in [0.4, 0.5) is 13.2 Å². The molecule has 5 nitrogen and oxygen atoms in total. The monoisotopic (exact) mass is 447 g/mol. The van der Waals surface area contributed by atoms with E-state index in [1.165, 1.54) is 29.7 Å². The third-order valence-electron chi connectivity index (χ3n) is 6.12. The van der Waals surface area contributed by atoms with Gasteiger partial charge in [-0.25, -0.2) is 0 Å². The Morgan fingerprint density at radius 3 is 2.59 bits per heavy atom. The van der Waals surface area contributed by atoms with Crippen molar-refractivity contribution < 1.29 is 22.7 Å². The fourth-order valence-electron chi connectivity index (χ4n) is 4.46. The Kier molecular flexibility index (Phi) is 7.01. The second-order valence-electron chi connectivity index (χ2n) is 8.23. The van der Waals surface area contributed by atoms with Crippen molar-refractivity contribution in [3.05, 3.63) is 64.7 Å². The molecule has 1 amide bonds.